The van der Waals surface area contributed by atoms with Crippen molar-refractivity contribution < 1.29 is 12.8 Å². The van der Waals surface area contributed by atoms with Crippen LogP contribution in [0.3, 0.4) is 0 Å². The third-order valence-corrected chi connectivity index (χ3v) is 2.84. The molecule has 0 spiro atoms. The third kappa shape index (κ3) is 0.627. The van der Waals surface area contributed by atoms with Gasteiger partial charge in [-0.3, -0.25) is 0 Å². The van der Waals surface area contributed by atoms with Gasteiger partial charge in [0.15, 0.2) is 9.84 Å². The van der Waals surface area contributed by atoms with Crippen molar-refractivity contribution in [2.24, 2.45) is 0 Å². The van der Waals surface area contributed by atoms with Crippen LogP contribution in [0, 0.1) is 0 Å². The molecule has 0 amide bonds. The van der Waals surface area contributed by atoms with E-state index in [0.717, 1.165) is 0 Å². The van der Waals surface area contributed by atoms with E-state index in [1.54, 1.807) is 0 Å². The van der Waals surface area contributed by atoms with Crippen LogP contribution in [0.4, 0.5) is 4.39 Å². The summed E-state index contributed by atoms with van der Waals surface area (Å²) in [7, 11) is -3.23. The van der Waals surface area contributed by atoms with Crippen molar-refractivity contribution in [2.75, 3.05) is 5.75 Å². The number of alkyl halides is 1. The molecule has 0 aromatic heterocycles. The smallest absolute Gasteiger partial charge is 0.201 e. The number of halogens is 1. The minimum atomic E-state index is -3.23. The van der Waals surface area contributed by atoms with Crippen LogP contribution < -0.4 is 0 Å². The Hall–Kier alpha value is -0.120. The van der Waals surface area contributed by atoms with Gasteiger partial charge in [0.2, 0.25) is 5.50 Å². The van der Waals surface area contributed by atoms with E-state index in [1.165, 1.54) is 0 Å². The Balaban J connectivity index is 2.79. The number of rotatable bonds is 0. The molecule has 2 nitrogen and oxygen atoms in total. The fourth-order valence-electron chi connectivity index (χ4n) is 0.399. The van der Waals surface area contributed by atoms with Gasteiger partial charge in [-0.15, -0.1) is 0 Å². The SMILES string of the molecule is O=S1(=O)CCC1F. The Morgan fingerprint density at radius 1 is 1.57 bits per heavy atom. The normalized spacial score (nSPS) is 37.0. The average molecular weight is 124 g/mol. The van der Waals surface area contributed by atoms with E-state index in [2.05, 4.69) is 0 Å². The molecule has 1 fully saturated rings. The minimum Gasteiger partial charge on any atom is -0.230 e. The van der Waals surface area contributed by atoms with Crippen LogP contribution in [-0.4, -0.2) is 19.7 Å². The molecular weight excluding hydrogens is 119 g/mol. The molecule has 0 saturated carbocycles. The van der Waals surface area contributed by atoms with Crippen molar-refractivity contribution in [2.45, 2.75) is 11.9 Å². The van der Waals surface area contributed by atoms with Crippen LogP contribution in [0.5, 0.6) is 0 Å². The van der Waals surface area contributed by atoms with Gasteiger partial charge < -0.3 is 0 Å². The van der Waals surface area contributed by atoms with Gasteiger partial charge >= 0.3 is 0 Å². The molecule has 7 heavy (non-hydrogen) atoms. The van der Waals surface area contributed by atoms with Crippen molar-refractivity contribution in [3.63, 3.8) is 0 Å². The van der Waals surface area contributed by atoms with Crippen molar-refractivity contribution in [3.8, 4) is 0 Å². The molecule has 0 radical (unpaired) electrons. The standard InChI is InChI=1S/C3H5FO2S/c4-3-1-2-7(3,5)6/h3H,1-2H2. The number of sulfone groups is 1. The number of hydrogen-bond acceptors (Lipinski definition) is 2. The van der Waals surface area contributed by atoms with Gasteiger partial charge in [-0.25, -0.2) is 12.8 Å². The second-order valence-electron chi connectivity index (χ2n) is 1.57. The van der Waals surface area contributed by atoms with Crippen LogP contribution in [0.15, 0.2) is 0 Å². The molecule has 0 aromatic rings. The van der Waals surface area contributed by atoms with Crippen LogP contribution in [0.1, 0.15) is 6.42 Å². The maximum Gasteiger partial charge on any atom is 0.201 e. The Kier molecular flexibility index (Phi) is 0.849. The molecule has 0 bridgehead atoms. The Morgan fingerprint density at radius 2 is 2.00 bits per heavy atom. The first-order valence-corrected chi connectivity index (χ1v) is 3.70. The molecule has 1 aliphatic heterocycles. The van der Waals surface area contributed by atoms with Gasteiger partial charge in [-0.1, -0.05) is 0 Å². The summed E-state index contributed by atoms with van der Waals surface area (Å²) in [5.41, 5.74) is -1.55. The van der Waals surface area contributed by atoms with E-state index in [-0.39, 0.29) is 12.2 Å². The molecular formula is C3H5FO2S. The van der Waals surface area contributed by atoms with E-state index < -0.39 is 15.3 Å². The van der Waals surface area contributed by atoms with Crippen molar-refractivity contribution in [3.05, 3.63) is 0 Å². The summed E-state index contributed by atoms with van der Waals surface area (Å²) in [4.78, 5) is 0. The summed E-state index contributed by atoms with van der Waals surface area (Å²) < 4.78 is 31.8. The quantitative estimate of drug-likeness (QED) is 0.459. The lowest BCUT2D eigenvalue weighted by Gasteiger charge is -2.16. The van der Waals surface area contributed by atoms with Gasteiger partial charge in [0, 0.05) is 6.42 Å². The largest absolute Gasteiger partial charge is 0.230 e. The first kappa shape index (κ1) is 5.03. The molecule has 1 heterocycles. The zero-order chi connectivity index (χ0) is 5.49. The summed E-state index contributed by atoms with van der Waals surface area (Å²) in [5, 5.41) is 0. The lowest BCUT2D eigenvalue weighted by molar-refractivity contribution is 0.379. The molecule has 1 aliphatic rings. The van der Waals surface area contributed by atoms with Gasteiger partial charge in [0.1, 0.15) is 0 Å². The fourth-order valence-corrected chi connectivity index (χ4v) is 1.20. The third-order valence-electron chi connectivity index (χ3n) is 1.02. The van der Waals surface area contributed by atoms with Crippen LogP contribution in [0.25, 0.3) is 0 Å². The van der Waals surface area contributed by atoms with E-state index in [0.29, 0.717) is 0 Å². The molecule has 1 atom stereocenters. The van der Waals surface area contributed by atoms with Crippen LogP contribution >= 0.6 is 0 Å². The Bertz CT molecular complexity index is 160. The molecule has 42 valence electrons. The molecule has 0 N–H and O–H groups in total. The highest BCUT2D eigenvalue weighted by Gasteiger charge is 2.35. The average Bonchev–Trinajstić information content (AvgIpc) is 1.63. The lowest BCUT2D eigenvalue weighted by Crippen LogP contribution is -2.32. The second kappa shape index (κ2) is 1.18. The van der Waals surface area contributed by atoms with E-state index >= 15 is 0 Å². The van der Waals surface area contributed by atoms with Gasteiger partial charge in [-0.2, -0.15) is 0 Å². The molecule has 1 rings (SSSR count). The zero-order valence-corrected chi connectivity index (χ0v) is 4.41. The van der Waals surface area contributed by atoms with Crippen LogP contribution in [0.2, 0.25) is 0 Å². The lowest BCUT2D eigenvalue weighted by atomic mass is 10.5. The highest BCUT2D eigenvalue weighted by Crippen LogP contribution is 2.20. The molecule has 1 saturated heterocycles. The summed E-state index contributed by atoms with van der Waals surface area (Å²) in [6.07, 6.45) is 0.197. The molecule has 0 aromatic carbocycles. The number of hydrogen-bond donors (Lipinski definition) is 0. The summed E-state index contributed by atoms with van der Waals surface area (Å²) >= 11 is 0. The zero-order valence-electron chi connectivity index (χ0n) is 3.59. The Labute approximate surface area is 41.3 Å². The first-order valence-electron chi connectivity index (χ1n) is 1.98. The first-order chi connectivity index (χ1) is 3.13. The van der Waals surface area contributed by atoms with Gasteiger partial charge in [0.05, 0.1) is 5.75 Å². The van der Waals surface area contributed by atoms with Crippen molar-refractivity contribution in [1.82, 2.24) is 0 Å². The van der Waals surface area contributed by atoms with Crippen molar-refractivity contribution >= 4 is 9.84 Å². The molecule has 0 aliphatic carbocycles. The maximum absolute atomic E-state index is 11.7. The van der Waals surface area contributed by atoms with Crippen LogP contribution in [-0.2, 0) is 9.84 Å². The Morgan fingerprint density at radius 3 is 2.00 bits per heavy atom. The second-order valence-corrected chi connectivity index (χ2v) is 3.81. The summed E-state index contributed by atoms with van der Waals surface area (Å²) in [5.74, 6) is 0.0359. The van der Waals surface area contributed by atoms with E-state index in [1.807, 2.05) is 0 Å². The topological polar surface area (TPSA) is 34.1 Å². The summed E-state index contributed by atoms with van der Waals surface area (Å²) in [6.45, 7) is 0. The maximum atomic E-state index is 11.7. The van der Waals surface area contributed by atoms with Crippen molar-refractivity contribution in [1.29, 1.82) is 0 Å². The fraction of sp³-hybridized carbons (Fsp3) is 1.00. The monoisotopic (exact) mass is 124 g/mol. The molecule has 4 heteroatoms. The van der Waals surface area contributed by atoms with Gasteiger partial charge in [-0.05, 0) is 0 Å². The predicted molar refractivity (Wildman–Crippen MR) is 23.3 cm³/mol. The minimum absolute atomic E-state index is 0.0359. The summed E-state index contributed by atoms with van der Waals surface area (Å²) in [6, 6.07) is 0. The van der Waals surface area contributed by atoms with E-state index in [9.17, 15) is 12.8 Å². The molecule has 1 unspecified atom stereocenters. The van der Waals surface area contributed by atoms with E-state index in [4.69, 9.17) is 0 Å². The highest BCUT2D eigenvalue weighted by atomic mass is 32.2. The van der Waals surface area contributed by atoms with Gasteiger partial charge in [0.25, 0.3) is 0 Å². The predicted octanol–water partition coefficient (Wildman–Crippen LogP) is 0.101. The highest BCUT2D eigenvalue weighted by molar-refractivity contribution is 7.93.